The second kappa shape index (κ2) is 10.2. The Morgan fingerprint density at radius 1 is 0.946 bits per heavy atom. The van der Waals surface area contributed by atoms with Gasteiger partial charge in [0.2, 0.25) is 0 Å². The molecule has 0 spiro atoms. The zero-order chi connectivity index (χ0) is 25.9. The monoisotopic (exact) mass is 496 g/mol. The third-order valence-electron chi connectivity index (χ3n) is 6.30. The lowest BCUT2D eigenvalue weighted by Crippen LogP contribution is -2.25. The van der Waals surface area contributed by atoms with E-state index in [1.165, 1.54) is 0 Å². The average molecular weight is 497 g/mol. The molecule has 0 atom stereocenters. The number of carbonyl (C=O) groups excluding carboxylic acids is 2. The fourth-order valence-electron chi connectivity index (χ4n) is 4.03. The maximum atomic E-state index is 13.7. The first-order valence-corrected chi connectivity index (χ1v) is 12.1. The summed E-state index contributed by atoms with van der Waals surface area (Å²) in [4.78, 5) is 26.2. The second-order valence-electron chi connectivity index (χ2n) is 8.97. The van der Waals surface area contributed by atoms with Crippen LogP contribution < -0.4 is 20.1 Å². The number of para-hydroxylation sites is 1. The molecule has 1 aromatic heterocycles. The summed E-state index contributed by atoms with van der Waals surface area (Å²) in [5, 5.41) is 10.7. The smallest absolute Gasteiger partial charge is 0.259 e. The molecule has 0 radical (unpaired) electrons. The maximum absolute atomic E-state index is 13.7. The summed E-state index contributed by atoms with van der Waals surface area (Å²) in [5.74, 6) is 0.670. The van der Waals surface area contributed by atoms with Crippen LogP contribution in [0.1, 0.15) is 39.1 Å². The molecule has 2 amide bonds. The highest BCUT2D eigenvalue weighted by Crippen LogP contribution is 2.35. The lowest BCUT2D eigenvalue weighted by atomic mass is 10.1. The standard InChI is InChI=1S/C29H28N4O4/c1-18-9-10-19(28(34)30-20-11-12-20)15-25(18)31-29(35)24-17-33(21-7-5-4-6-8-21)32-27(24)23-14-13-22(36-2)16-26(23)37-3/h4-10,13-17,20H,11-12H2,1-3H3,(H,30,34)(H,31,35). The molecule has 1 fully saturated rings. The van der Waals surface area contributed by atoms with Crippen LogP contribution in [0.3, 0.4) is 0 Å². The summed E-state index contributed by atoms with van der Waals surface area (Å²) in [6, 6.07) is 20.5. The van der Waals surface area contributed by atoms with Crippen LogP contribution in [-0.4, -0.2) is 41.9 Å². The lowest BCUT2D eigenvalue weighted by Gasteiger charge is -2.12. The van der Waals surface area contributed by atoms with Crippen molar-refractivity contribution >= 4 is 17.5 Å². The van der Waals surface area contributed by atoms with Gasteiger partial charge in [0, 0.05) is 35.1 Å². The Balaban J connectivity index is 1.53. The van der Waals surface area contributed by atoms with Gasteiger partial charge in [0.15, 0.2) is 0 Å². The van der Waals surface area contributed by atoms with Crippen molar-refractivity contribution in [3.05, 3.63) is 89.6 Å². The van der Waals surface area contributed by atoms with Crippen molar-refractivity contribution in [3.8, 4) is 28.4 Å². The Bertz CT molecular complexity index is 1460. The summed E-state index contributed by atoms with van der Waals surface area (Å²) < 4.78 is 12.6. The van der Waals surface area contributed by atoms with Gasteiger partial charge in [-0.25, -0.2) is 4.68 Å². The Morgan fingerprint density at radius 2 is 1.73 bits per heavy atom. The number of amides is 2. The Morgan fingerprint density at radius 3 is 2.43 bits per heavy atom. The molecule has 4 aromatic rings. The van der Waals surface area contributed by atoms with Gasteiger partial charge in [-0.15, -0.1) is 0 Å². The van der Waals surface area contributed by atoms with Crippen molar-refractivity contribution < 1.29 is 19.1 Å². The summed E-state index contributed by atoms with van der Waals surface area (Å²) >= 11 is 0. The van der Waals surface area contributed by atoms with Crippen molar-refractivity contribution in [2.75, 3.05) is 19.5 Å². The van der Waals surface area contributed by atoms with E-state index in [2.05, 4.69) is 10.6 Å². The minimum absolute atomic E-state index is 0.140. The molecule has 0 saturated heterocycles. The van der Waals surface area contributed by atoms with Gasteiger partial charge in [-0.05, 0) is 61.7 Å². The van der Waals surface area contributed by atoms with Crippen LogP contribution in [-0.2, 0) is 0 Å². The molecule has 0 bridgehead atoms. The van der Waals surface area contributed by atoms with E-state index >= 15 is 0 Å². The number of benzene rings is 3. The van der Waals surface area contributed by atoms with Crippen molar-refractivity contribution in [1.29, 1.82) is 0 Å². The van der Waals surface area contributed by atoms with Gasteiger partial charge in [0.05, 0.1) is 25.5 Å². The Kier molecular flexibility index (Phi) is 6.64. The highest BCUT2D eigenvalue weighted by atomic mass is 16.5. The Labute approximate surface area is 215 Å². The van der Waals surface area contributed by atoms with Gasteiger partial charge in [-0.2, -0.15) is 5.10 Å². The topological polar surface area (TPSA) is 94.5 Å². The third kappa shape index (κ3) is 5.18. The molecule has 0 aliphatic heterocycles. The number of methoxy groups -OCH3 is 2. The number of hydrogen-bond donors (Lipinski definition) is 2. The molecule has 0 unspecified atom stereocenters. The quantitative estimate of drug-likeness (QED) is 0.358. The lowest BCUT2D eigenvalue weighted by molar-refractivity contribution is 0.0949. The molecule has 1 saturated carbocycles. The number of carbonyl (C=O) groups is 2. The van der Waals surface area contributed by atoms with Crippen LogP contribution in [0.15, 0.2) is 72.9 Å². The van der Waals surface area contributed by atoms with E-state index in [-0.39, 0.29) is 17.9 Å². The van der Waals surface area contributed by atoms with Crippen molar-refractivity contribution in [2.45, 2.75) is 25.8 Å². The average Bonchev–Trinajstić information content (AvgIpc) is 3.63. The molecule has 3 aromatic carbocycles. The molecule has 8 heteroatoms. The molecule has 5 rings (SSSR count). The van der Waals surface area contributed by atoms with E-state index in [1.54, 1.807) is 49.4 Å². The van der Waals surface area contributed by atoms with Gasteiger partial charge < -0.3 is 20.1 Å². The molecule has 2 N–H and O–H groups in total. The molecular weight excluding hydrogens is 468 g/mol. The predicted octanol–water partition coefficient (Wildman–Crippen LogP) is 5.01. The predicted molar refractivity (Wildman–Crippen MR) is 142 cm³/mol. The van der Waals surface area contributed by atoms with E-state index in [9.17, 15) is 9.59 Å². The van der Waals surface area contributed by atoms with Gasteiger partial charge in [-0.3, -0.25) is 9.59 Å². The second-order valence-corrected chi connectivity index (χ2v) is 8.97. The van der Waals surface area contributed by atoms with Crippen LogP contribution in [0.2, 0.25) is 0 Å². The van der Waals surface area contributed by atoms with E-state index in [1.807, 2.05) is 49.4 Å². The number of aryl methyl sites for hydroxylation is 1. The fourth-order valence-corrected chi connectivity index (χ4v) is 4.03. The molecule has 8 nitrogen and oxygen atoms in total. The highest BCUT2D eigenvalue weighted by Gasteiger charge is 2.25. The van der Waals surface area contributed by atoms with Crippen LogP contribution >= 0.6 is 0 Å². The molecule has 188 valence electrons. The molecular formula is C29H28N4O4. The maximum Gasteiger partial charge on any atom is 0.259 e. The third-order valence-corrected chi connectivity index (χ3v) is 6.30. The summed E-state index contributed by atoms with van der Waals surface area (Å²) in [5.41, 5.74) is 4.19. The number of rotatable bonds is 8. The van der Waals surface area contributed by atoms with Crippen molar-refractivity contribution in [1.82, 2.24) is 15.1 Å². The number of nitrogens with zero attached hydrogens (tertiary/aromatic N) is 2. The summed E-state index contributed by atoms with van der Waals surface area (Å²) in [6.07, 6.45) is 3.71. The number of hydrogen-bond acceptors (Lipinski definition) is 5. The first-order chi connectivity index (χ1) is 18.0. The minimum Gasteiger partial charge on any atom is -0.497 e. The van der Waals surface area contributed by atoms with Gasteiger partial charge in [-0.1, -0.05) is 24.3 Å². The summed E-state index contributed by atoms with van der Waals surface area (Å²) in [7, 11) is 3.15. The van der Waals surface area contributed by atoms with Gasteiger partial charge in [0.1, 0.15) is 17.2 Å². The number of ether oxygens (including phenoxy) is 2. The zero-order valence-corrected chi connectivity index (χ0v) is 20.9. The first-order valence-electron chi connectivity index (χ1n) is 12.1. The van der Waals surface area contributed by atoms with Crippen LogP contribution in [0, 0.1) is 6.92 Å². The normalized spacial score (nSPS) is 12.6. The molecule has 1 aliphatic rings. The number of aromatic nitrogens is 2. The zero-order valence-electron chi connectivity index (χ0n) is 20.9. The van der Waals surface area contributed by atoms with E-state index in [0.717, 1.165) is 24.1 Å². The fraction of sp³-hybridized carbons (Fsp3) is 0.207. The van der Waals surface area contributed by atoms with Crippen LogP contribution in [0.25, 0.3) is 16.9 Å². The van der Waals surface area contributed by atoms with Gasteiger partial charge >= 0.3 is 0 Å². The Hall–Kier alpha value is -4.59. The van der Waals surface area contributed by atoms with E-state index in [0.29, 0.717) is 39.6 Å². The van der Waals surface area contributed by atoms with E-state index < -0.39 is 0 Å². The van der Waals surface area contributed by atoms with Crippen LogP contribution in [0.5, 0.6) is 11.5 Å². The highest BCUT2D eigenvalue weighted by molar-refractivity contribution is 6.09. The first kappa shape index (κ1) is 24.1. The molecule has 1 heterocycles. The summed E-state index contributed by atoms with van der Waals surface area (Å²) in [6.45, 7) is 1.89. The largest absolute Gasteiger partial charge is 0.497 e. The van der Waals surface area contributed by atoms with Crippen molar-refractivity contribution in [2.24, 2.45) is 0 Å². The van der Waals surface area contributed by atoms with Gasteiger partial charge in [0.25, 0.3) is 11.8 Å². The molecule has 1 aliphatic carbocycles. The van der Waals surface area contributed by atoms with Crippen LogP contribution in [0.4, 0.5) is 5.69 Å². The van der Waals surface area contributed by atoms with Crippen molar-refractivity contribution in [3.63, 3.8) is 0 Å². The van der Waals surface area contributed by atoms with E-state index in [4.69, 9.17) is 14.6 Å². The molecule has 37 heavy (non-hydrogen) atoms. The number of nitrogens with one attached hydrogen (secondary N) is 2. The SMILES string of the molecule is COc1ccc(-c2nn(-c3ccccc3)cc2C(=O)Nc2cc(C(=O)NC3CC3)ccc2C)c(OC)c1. The minimum atomic E-state index is -0.349. The number of anilines is 1.